The van der Waals surface area contributed by atoms with Gasteiger partial charge in [0.05, 0.1) is 11.6 Å². The molecule has 1 aliphatic rings. The highest BCUT2D eigenvalue weighted by Gasteiger charge is 2.42. The molecular formula is C22H28N2O3S. The first-order chi connectivity index (χ1) is 13.3. The van der Waals surface area contributed by atoms with E-state index in [2.05, 4.69) is 25.8 Å². The fraction of sp³-hybridized carbons (Fsp3) is 0.500. The summed E-state index contributed by atoms with van der Waals surface area (Å²) in [6, 6.07) is 9.21. The van der Waals surface area contributed by atoms with Gasteiger partial charge >= 0.3 is 5.97 Å². The van der Waals surface area contributed by atoms with E-state index in [-0.39, 0.29) is 23.3 Å². The quantitative estimate of drug-likeness (QED) is 0.653. The van der Waals surface area contributed by atoms with Gasteiger partial charge in [0.2, 0.25) is 0 Å². The monoisotopic (exact) mass is 400 g/mol. The average Bonchev–Trinajstić information content (AvgIpc) is 3.34. The molecule has 1 atom stereocenters. The van der Waals surface area contributed by atoms with E-state index in [0.29, 0.717) is 18.7 Å². The third-order valence-corrected chi connectivity index (χ3v) is 5.97. The van der Waals surface area contributed by atoms with Crippen LogP contribution in [0.15, 0.2) is 35.7 Å². The third-order valence-electron chi connectivity index (χ3n) is 4.71. The summed E-state index contributed by atoms with van der Waals surface area (Å²) in [4.78, 5) is 32.5. The molecule has 1 aromatic heterocycles. The van der Waals surface area contributed by atoms with Crippen molar-refractivity contribution in [1.82, 2.24) is 9.88 Å². The normalized spacial score (nSPS) is 15.1. The van der Waals surface area contributed by atoms with Gasteiger partial charge in [-0.3, -0.25) is 4.79 Å². The van der Waals surface area contributed by atoms with E-state index >= 15 is 0 Å². The summed E-state index contributed by atoms with van der Waals surface area (Å²) >= 11 is 1.49. The predicted molar refractivity (Wildman–Crippen MR) is 111 cm³/mol. The third kappa shape index (κ3) is 4.79. The van der Waals surface area contributed by atoms with E-state index in [4.69, 9.17) is 4.74 Å². The van der Waals surface area contributed by atoms with Crippen LogP contribution in [0.4, 0.5) is 0 Å². The van der Waals surface area contributed by atoms with Gasteiger partial charge in [0, 0.05) is 23.3 Å². The van der Waals surface area contributed by atoms with E-state index in [1.807, 2.05) is 35.7 Å². The number of ether oxygens (including phenoxy) is 1. The number of esters is 1. The van der Waals surface area contributed by atoms with E-state index in [1.54, 1.807) is 11.8 Å². The zero-order valence-electron chi connectivity index (χ0n) is 17.0. The van der Waals surface area contributed by atoms with Crippen LogP contribution in [0, 0.1) is 0 Å². The van der Waals surface area contributed by atoms with Crippen molar-refractivity contribution in [3.05, 3.63) is 52.0 Å². The van der Waals surface area contributed by atoms with Gasteiger partial charge in [-0.2, -0.15) is 0 Å². The number of rotatable bonds is 7. The highest BCUT2D eigenvalue weighted by Crippen LogP contribution is 2.33. The van der Waals surface area contributed by atoms with E-state index in [1.165, 1.54) is 11.3 Å². The summed E-state index contributed by atoms with van der Waals surface area (Å²) in [6.07, 6.45) is 2.26. The number of carbonyl (C=O) groups excluding carboxylic acids is 2. The maximum Gasteiger partial charge on any atom is 0.329 e. The predicted octanol–water partition coefficient (Wildman–Crippen LogP) is 4.22. The number of thiazole rings is 1. The number of hydrogen-bond donors (Lipinski definition) is 0. The van der Waals surface area contributed by atoms with Crippen LogP contribution in [-0.4, -0.2) is 40.5 Å². The smallest absolute Gasteiger partial charge is 0.329 e. The Kier molecular flexibility index (Phi) is 6.18. The molecule has 28 heavy (non-hydrogen) atoms. The number of amides is 1. The van der Waals surface area contributed by atoms with Gasteiger partial charge in [0.25, 0.3) is 5.91 Å². The number of aromatic nitrogens is 1. The van der Waals surface area contributed by atoms with Crippen LogP contribution in [0.2, 0.25) is 0 Å². The Labute approximate surface area is 170 Å². The maximum absolute atomic E-state index is 13.4. The number of carbonyl (C=O) groups is 2. The molecule has 0 aliphatic heterocycles. The van der Waals surface area contributed by atoms with Crippen molar-refractivity contribution in [3.8, 4) is 0 Å². The minimum atomic E-state index is -0.637. The van der Waals surface area contributed by atoms with Gasteiger partial charge in [-0.15, -0.1) is 11.3 Å². The molecule has 1 heterocycles. The van der Waals surface area contributed by atoms with E-state index in [9.17, 15) is 9.59 Å². The summed E-state index contributed by atoms with van der Waals surface area (Å²) in [6.45, 7) is 8.32. The summed E-state index contributed by atoms with van der Waals surface area (Å²) < 4.78 is 5.33. The largest absolute Gasteiger partial charge is 0.464 e. The van der Waals surface area contributed by atoms with Crippen molar-refractivity contribution >= 4 is 23.2 Å². The van der Waals surface area contributed by atoms with Crippen molar-refractivity contribution < 1.29 is 14.3 Å². The zero-order chi connectivity index (χ0) is 20.3. The zero-order valence-corrected chi connectivity index (χ0v) is 17.8. The lowest BCUT2D eigenvalue weighted by Crippen LogP contribution is -2.48. The summed E-state index contributed by atoms with van der Waals surface area (Å²) in [7, 11) is 0. The Morgan fingerprint density at radius 1 is 1.25 bits per heavy atom. The minimum Gasteiger partial charge on any atom is -0.464 e. The summed E-state index contributed by atoms with van der Waals surface area (Å²) in [5, 5.41) is 2.73. The Hall–Kier alpha value is -2.21. The molecule has 150 valence electrons. The molecular weight excluding hydrogens is 372 g/mol. The molecule has 1 amide bonds. The first kappa shape index (κ1) is 20.5. The molecule has 0 saturated heterocycles. The minimum absolute atomic E-state index is 0.0744. The molecule has 1 fully saturated rings. The van der Waals surface area contributed by atoms with Gasteiger partial charge in [-0.05, 0) is 25.3 Å². The second kappa shape index (κ2) is 8.43. The van der Waals surface area contributed by atoms with Crippen LogP contribution in [0.3, 0.4) is 0 Å². The summed E-state index contributed by atoms with van der Waals surface area (Å²) in [5.41, 5.74) is 1.31. The number of hydrogen-bond acceptors (Lipinski definition) is 5. The van der Waals surface area contributed by atoms with Crippen LogP contribution in [-0.2, 0) is 21.4 Å². The Morgan fingerprint density at radius 3 is 2.46 bits per heavy atom. The molecule has 3 rings (SSSR count). The highest BCUT2D eigenvalue weighted by atomic mass is 32.1. The van der Waals surface area contributed by atoms with Crippen LogP contribution in [0.25, 0.3) is 0 Å². The lowest BCUT2D eigenvalue weighted by Gasteiger charge is -2.30. The molecule has 5 nitrogen and oxygen atoms in total. The second-order valence-corrected chi connectivity index (χ2v) is 9.05. The van der Waals surface area contributed by atoms with Crippen molar-refractivity contribution in [1.29, 1.82) is 0 Å². The molecule has 1 aromatic carbocycles. The van der Waals surface area contributed by atoms with Crippen LogP contribution in [0.1, 0.15) is 61.6 Å². The maximum atomic E-state index is 13.4. The topological polar surface area (TPSA) is 59.5 Å². The standard InChI is InChI=1S/C22H28N2O3S/c1-5-27-20(26)18(13-15-9-7-6-8-10-15)24(16-11-12-16)19(25)17-14-28-21(23-17)22(2,3)4/h6-10,14,16,18H,5,11-13H2,1-4H3. The molecule has 0 bridgehead atoms. The number of benzene rings is 1. The SMILES string of the molecule is CCOC(=O)C(Cc1ccccc1)N(C(=O)c1csc(C(C)(C)C)n1)C1CC1. The van der Waals surface area contributed by atoms with Crippen LogP contribution < -0.4 is 0 Å². The lowest BCUT2D eigenvalue weighted by atomic mass is 9.98. The van der Waals surface area contributed by atoms with Gasteiger partial charge in [0.1, 0.15) is 11.7 Å². The molecule has 2 aromatic rings. The second-order valence-electron chi connectivity index (χ2n) is 8.19. The van der Waals surface area contributed by atoms with Crippen LogP contribution >= 0.6 is 11.3 Å². The molecule has 0 spiro atoms. The van der Waals surface area contributed by atoms with Crippen molar-refractivity contribution in [2.24, 2.45) is 0 Å². The van der Waals surface area contributed by atoms with Gasteiger partial charge in [-0.1, -0.05) is 51.1 Å². The van der Waals surface area contributed by atoms with Crippen molar-refractivity contribution in [3.63, 3.8) is 0 Å². The molecule has 1 aliphatic carbocycles. The molecule has 0 N–H and O–H groups in total. The van der Waals surface area contributed by atoms with E-state index < -0.39 is 6.04 Å². The van der Waals surface area contributed by atoms with Gasteiger partial charge < -0.3 is 9.64 Å². The van der Waals surface area contributed by atoms with Crippen molar-refractivity contribution in [2.45, 2.75) is 64.5 Å². The Morgan fingerprint density at radius 2 is 1.93 bits per heavy atom. The fourth-order valence-electron chi connectivity index (χ4n) is 3.13. The summed E-state index contributed by atoms with van der Waals surface area (Å²) in [5.74, 6) is -0.527. The van der Waals surface area contributed by atoms with Gasteiger partial charge in [-0.25, -0.2) is 9.78 Å². The van der Waals surface area contributed by atoms with Crippen LogP contribution in [0.5, 0.6) is 0 Å². The lowest BCUT2D eigenvalue weighted by molar-refractivity contribution is -0.148. The Balaban J connectivity index is 1.90. The molecule has 6 heteroatoms. The molecule has 1 saturated carbocycles. The van der Waals surface area contributed by atoms with Crippen molar-refractivity contribution in [2.75, 3.05) is 6.61 Å². The first-order valence-corrected chi connectivity index (χ1v) is 10.7. The van der Waals surface area contributed by atoms with E-state index in [0.717, 1.165) is 23.4 Å². The average molecular weight is 401 g/mol. The first-order valence-electron chi connectivity index (χ1n) is 9.80. The Bertz CT molecular complexity index is 822. The number of nitrogens with zero attached hydrogens (tertiary/aromatic N) is 2. The fourth-order valence-corrected chi connectivity index (χ4v) is 4.02. The highest BCUT2D eigenvalue weighted by molar-refractivity contribution is 7.10. The molecule has 0 radical (unpaired) electrons. The van der Waals surface area contributed by atoms with Gasteiger partial charge in [0.15, 0.2) is 0 Å². The molecule has 1 unspecified atom stereocenters.